The van der Waals surface area contributed by atoms with Gasteiger partial charge in [0.05, 0.1) is 16.0 Å². The minimum absolute atomic E-state index is 0.00910. The highest BCUT2D eigenvalue weighted by atomic mass is 35.5. The molecular formula is C14H16Cl2N2O5S. The zero-order valence-electron chi connectivity index (χ0n) is 12.5. The summed E-state index contributed by atoms with van der Waals surface area (Å²) >= 11 is 11.7. The Morgan fingerprint density at radius 3 is 2.46 bits per heavy atom. The van der Waals surface area contributed by atoms with E-state index in [-0.39, 0.29) is 40.4 Å². The van der Waals surface area contributed by atoms with E-state index in [1.165, 1.54) is 23.1 Å². The third-order valence-corrected chi connectivity index (χ3v) is 6.12. The number of carbonyl (C=O) groups excluding carboxylic acids is 1. The molecule has 1 heterocycles. The van der Waals surface area contributed by atoms with Gasteiger partial charge in [-0.1, -0.05) is 29.3 Å². The van der Waals surface area contributed by atoms with Crippen molar-refractivity contribution in [3.05, 3.63) is 28.2 Å². The van der Waals surface area contributed by atoms with E-state index in [2.05, 4.69) is 4.72 Å². The maximum Gasteiger partial charge on any atom is 0.308 e. The minimum Gasteiger partial charge on any atom is -0.481 e. The number of carbonyl (C=O) groups is 2. The molecule has 132 valence electrons. The quantitative estimate of drug-likeness (QED) is 0.762. The predicted molar refractivity (Wildman–Crippen MR) is 88.6 cm³/mol. The van der Waals surface area contributed by atoms with Crippen molar-refractivity contribution >= 4 is 45.1 Å². The van der Waals surface area contributed by atoms with E-state index in [1.54, 1.807) is 0 Å². The fraction of sp³-hybridized carbons (Fsp3) is 0.429. The second-order valence-corrected chi connectivity index (χ2v) is 7.88. The number of aliphatic carboxylic acids is 1. The van der Waals surface area contributed by atoms with Gasteiger partial charge in [0.25, 0.3) is 0 Å². The van der Waals surface area contributed by atoms with Crippen molar-refractivity contribution < 1.29 is 23.1 Å². The van der Waals surface area contributed by atoms with Crippen molar-refractivity contribution in [3.8, 4) is 0 Å². The maximum atomic E-state index is 12.2. The zero-order chi connectivity index (χ0) is 17.9. The van der Waals surface area contributed by atoms with Gasteiger partial charge in [-0.15, -0.1) is 0 Å². The molecule has 1 aliphatic rings. The van der Waals surface area contributed by atoms with Crippen LogP contribution in [-0.4, -0.2) is 49.9 Å². The number of sulfonamides is 1. The van der Waals surface area contributed by atoms with Gasteiger partial charge >= 0.3 is 5.97 Å². The molecule has 0 spiro atoms. The number of carboxylic acid groups (broad SMARTS) is 1. The molecule has 2 N–H and O–H groups in total. The van der Waals surface area contributed by atoms with Crippen molar-refractivity contribution in [2.24, 2.45) is 5.92 Å². The van der Waals surface area contributed by atoms with E-state index in [9.17, 15) is 18.0 Å². The van der Waals surface area contributed by atoms with Crippen LogP contribution in [0.1, 0.15) is 12.8 Å². The van der Waals surface area contributed by atoms with E-state index >= 15 is 0 Å². The molecule has 1 atom stereocenters. The van der Waals surface area contributed by atoms with Crippen LogP contribution in [0.25, 0.3) is 0 Å². The Morgan fingerprint density at radius 1 is 1.29 bits per heavy atom. The third kappa shape index (κ3) is 4.38. The standard InChI is InChI=1S/C14H16Cl2N2O5S/c15-10-2-1-3-11(16)13(10)24(22,23)17-6-4-12(19)18-7-5-9(8-18)14(20)21/h1-3,9,17H,4-8H2,(H,20,21). The van der Waals surface area contributed by atoms with E-state index in [0.717, 1.165) is 0 Å². The molecule has 0 bridgehead atoms. The van der Waals surface area contributed by atoms with Crippen LogP contribution in [0.3, 0.4) is 0 Å². The lowest BCUT2D eigenvalue weighted by Crippen LogP contribution is -2.34. The van der Waals surface area contributed by atoms with Gasteiger partial charge in [0, 0.05) is 26.1 Å². The van der Waals surface area contributed by atoms with Crippen LogP contribution in [0, 0.1) is 5.92 Å². The van der Waals surface area contributed by atoms with Gasteiger partial charge in [-0.05, 0) is 18.6 Å². The lowest BCUT2D eigenvalue weighted by Gasteiger charge is -2.16. The first-order chi connectivity index (χ1) is 11.2. The molecule has 0 saturated carbocycles. The molecular weight excluding hydrogens is 379 g/mol. The Bertz CT molecular complexity index is 733. The molecule has 10 heteroatoms. The van der Waals surface area contributed by atoms with Gasteiger partial charge in [0.15, 0.2) is 0 Å². The molecule has 1 unspecified atom stereocenters. The summed E-state index contributed by atoms with van der Waals surface area (Å²) in [6, 6.07) is 4.34. The Hall–Kier alpha value is -1.35. The number of nitrogens with zero attached hydrogens (tertiary/aromatic N) is 1. The number of halogens is 2. The number of amides is 1. The third-order valence-electron chi connectivity index (χ3n) is 3.71. The van der Waals surface area contributed by atoms with Crippen LogP contribution < -0.4 is 4.72 Å². The highest BCUT2D eigenvalue weighted by Crippen LogP contribution is 2.28. The van der Waals surface area contributed by atoms with Crippen LogP contribution in [0.4, 0.5) is 0 Å². The smallest absolute Gasteiger partial charge is 0.308 e. The van der Waals surface area contributed by atoms with Crippen LogP contribution in [0.2, 0.25) is 10.0 Å². The summed E-state index contributed by atoms with van der Waals surface area (Å²) in [6.07, 6.45) is 0.329. The first-order valence-corrected chi connectivity index (χ1v) is 9.40. The molecule has 7 nitrogen and oxygen atoms in total. The van der Waals surface area contributed by atoms with E-state index in [0.29, 0.717) is 13.0 Å². The number of benzene rings is 1. The summed E-state index contributed by atoms with van der Waals surface area (Å²) in [7, 11) is -3.94. The van der Waals surface area contributed by atoms with E-state index in [4.69, 9.17) is 28.3 Å². The van der Waals surface area contributed by atoms with Crippen molar-refractivity contribution in [2.45, 2.75) is 17.7 Å². The molecule has 0 aliphatic carbocycles. The fourth-order valence-electron chi connectivity index (χ4n) is 2.45. The number of carboxylic acids is 1. The first kappa shape index (κ1) is 19.0. The van der Waals surface area contributed by atoms with Crippen LogP contribution in [0.15, 0.2) is 23.1 Å². The molecule has 1 fully saturated rings. The van der Waals surface area contributed by atoms with Gasteiger partial charge in [-0.3, -0.25) is 9.59 Å². The molecule has 1 amide bonds. The summed E-state index contributed by atoms with van der Waals surface area (Å²) in [4.78, 5) is 24.1. The second-order valence-electron chi connectivity index (χ2n) is 5.36. The van der Waals surface area contributed by atoms with Gasteiger partial charge in [-0.2, -0.15) is 0 Å². The number of rotatable bonds is 6. The van der Waals surface area contributed by atoms with Crippen LogP contribution >= 0.6 is 23.2 Å². The Balaban J connectivity index is 1.92. The normalized spacial score (nSPS) is 17.9. The SMILES string of the molecule is O=C(O)C1CCN(C(=O)CCNS(=O)(=O)c2c(Cl)cccc2Cl)C1. The second kappa shape index (κ2) is 7.69. The van der Waals surface area contributed by atoms with Crippen molar-refractivity contribution in [1.82, 2.24) is 9.62 Å². The van der Waals surface area contributed by atoms with E-state index in [1.807, 2.05) is 0 Å². The minimum atomic E-state index is -3.94. The fourth-order valence-corrected chi connectivity index (χ4v) is 4.62. The first-order valence-electron chi connectivity index (χ1n) is 7.16. The average molecular weight is 395 g/mol. The number of likely N-dealkylation sites (tertiary alicyclic amines) is 1. The molecule has 1 aromatic rings. The molecule has 0 aromatic heterocycles. The lowest BCUT2D eigenvalue weighted by atomic mass is 10.1. The number of nitrogens with one attached hydrogen (secondary N) is 1. The van der Waals surface area contributed by atoms with Gasteiger partial charge in [0.1, 0.15) is 4.90 Å². The summed E-state index contributed by atoms with van der Waals surface area (Å²) in [5.41, 5.74) is 0. The average Bonchev–Trinajstić information content (AvgIpc) is 2.96. The summed E-state index contributed by atoms with van der Waals surface area (Å²) in [6.45, 7) is 0.382. The monoisotopic (exact) mass is 394 g/mol. The topological polar surface area (TPSA) is 104 Å². The molecule has 1 aliphatic heterocycles. The number of hydrogen-bond donors (Lipinski definition) is 2. The molecule has 1 aromatic carbocycles. The van der Waals surface area contributed by atoms with Crippen LogP contribution in [0.5, 0.6) is 0 Å². The van der Waals surface area contributed by atoms with E-state index < -0.39 is 21.9 Å². The van der Waals surface area contributed by atoms with Crippen molar-refractivity contribution in [2.75, 3.05) is 19.6 Å². The zero-order valence-corrected chi connectivity index (χ0v) is 14.9. The lowest BCUT2D eigenvalue weighted by molar-refractivity contribution is -0.141. The van der Waals surface area contributed by atoms with Crippen molar-refractivity contribution in [1.29, 1.82) is 0 Å². The summed E-state index contributed by atoms with van der Waals surface area (Å²) in [5, 5.41) is 8.90. The van der Waals surface area contributed by atoms with Gasteiger partial charge in [-0.25, -0.2) is 13.1 Å². The largest absolute Gasteiger partial charge is 0.481 e. The Kier molecular flexibility index (Phi) is 6.08. The van der Waals surface area contributed by atoms with Crippen molar-refractivity contribution in [3.63, 3.8) is 0 Å². The highest BCUT2D eigenvalue weighted by Gasteiger charge is 2.30. The molecule has 0 radical (unpaired) electrons. The summed E-state index contributed by atoms with van der Waals surface area (Å²) < 4.78 is 26.8. The molecule has 2 rings (SSSR count). The Labute approximate surface area is 149 Å². The maximum absolute atomic E-state index is 12.2. The summed E-state index contributed by atoms with van der Waals surface area (Å²) in [5.74, 6) is -1.79. The predicted octanol–water partition coefficient (Wildman–Crippen LogP) is 1.59. The Morgan fingerprint density at radius 2 is 1.92 bits per heavy atom. The number of hydrogen-bond acceptors (Lipinski definition) is 4. The van der Waals surface area contributed by atoms with Crippen LogP contribution in [-0.2, 0) is 19.6 Å². The van der Waals surface area contributed by atoms with Gasteiger partial charge in [0.2, 0.25) is 15.9 Å². The molecule has 24 heavy (non-hydrogen) atoms. The highest BCUT2D eigenvalue weighted by molar-refractivity contribution is 7.89. The van der Waals surface area contributed by atoms with Gasteiger partial charge < -0.3 is 10.0 Å². The molecule has 1 saturated heterocycles.